The van der Waals surface area contributed by atoms with E-state index in [1.165, 1.54) is 5.30 Å². The molecule has 0 spiro atoms. The molecule has 0 aromatic heterocycles. The zero-order valence-electron chi connectivity index (χ0n) is 9.31. The van der Waals surface area contributed by atoms with Gasteiger partial charge in [0.1, 0.15) is 11.2 Å². The van der Waals surface area contributed by atoms with Gasteiger partial charge in [0, 0.05) is 11.5 Å². The van der Waals surface area contributed by atoms with Crippen LogP contribution in [-0.4, -0.2) is 30.8 Å². The first-order chi connectivity index (χ1) is 7.56. The molecule has 0 amide bonds. The standard InChI is InChI=1S/C11H15ClN3P/c1-16(2)10-6-4-3-5-9(10)15-11(14)8(12)7-13/h3-8,13H,1-2H3,(H2,14,15). The Balaban J connectivity index is 3.09. The van der Waals surface area contributed by atoms with Crippen LogP contribution in [0.25, 0.3) is 0 Å². The number of aliphatic imine (C=N–C) groups is 1. The molecule has 0 radical (unpaired) electrons. The summed E-state index contributed by atoms with van der Waals surface area (Å²) in [6.07, 6.45) is 1.07. The van der Waals surface area contributed by atoms with E-state index in [0.29, 0.717) is 0 Å². The lowest BCUT2D eigenvalue weighted by Crippen LogP contribution is -2.25. The second kappa shape index (κ2) is 5.97. The third-order valence-electron chi connectivity index (χ3n) is 2.04. The van der Waals surface area contributed by atoms with Gasteiger partial charge in [-0.3, -0.25) is 0 Å². The van der Waals surface area contributed by atoms with Gasteiger partial charge in [0.15, 0.2) is 0 Å². The first kappa shape index (κ1) is 13.1. The Morgan fingerprint density at radius 2 is 2.12 bits per heavy atom. The van der Waals surface area contributed by atoms with E-state index in [1.807, 2.05) is 24.3 Å². The van der Waals surface area contributed by atoms with Crippen molar-refractivity contribution >= 4 is 42.6 Å². The molecule has 0 aliphatic rings. The van der Waals surface area contributed by atoms with Crippen molar-refractivity contribution in [3.8, 4) is 0 Å². The minimum Gasteiger partial charge on any atom is -0.386 e. The minimum absolute atomic E-state index is 0.233. The molecule has 1 unspecified atom stereocenters. The zero-order chi connectivity index (χ0) is 12.1. The molecular weight excluding hydrogens is 241 g/mol. The Kier molecular flexibility index (Phi) is 4.91. The molecule has 86 valence electrons. The summed E-state index contributed by atoms with van der Waals surface area (Å²) in [6.45, 7) is 4.32. The van der Waals surface area contributed by atoms with Crippen LogP contribution < -0.4 is 11.0 Å². The highest BCUT2D eigenvalue weighted by atomic mass is 35.5. The number of hydrogen-bond acceptors (Lipinski definition) is 2. The normalized spacial score (nSPS) is 13.9. The largest absolute Gasteiger partial charge is 0.386 e. The fourth-order valence-corrected chi connectivity index (χ4v) is 2.24. The van der Waals surface area contributed by atoms with Crippen LogP contribution in [0.3, 0.4) is 0 Å². The van der Waals surface area contributed by atoms with Gasteiger partial charge in [-0.1, -0.05) is 26.1 Å². The van der Waals surface area contributed by atoms with E-state index in [9.17, 15) is 0 Å². The maximum atomic E-state index is 7.03. The summed E-state index contributed by atoms with van der Waals surface area (Å²) >= 11 is 5.80. The number of nitrogens with two attached hydrogens (primary N) is 1. The minimum atomic E-state index is -0.631. The molecule has 0 bridgehead atoms. The maximum Gasteiger partial charge on any atom is 0.125 e. The molecule has 3 nitrogen and oxygen atoms in total. The van der Waals surface area contributed by atoms with E-state index in [-0.39, 0.29) is 13.8 Å². The monoisotopic (exact) mass is 255 g/mol. The van der Waals surface area contributed by atoms with Crippen LogP contribution >= 0.6 is 19.5 Å². The number of amidine groups is 1. The molecular formula is C11H15ClN3P. The summed E-state index contributed by atoms with van der Waals surface area (Å²) < 4.78 is 0. The topological polar surface area (TPSA) is 62.2 Å². The van der Waals surface area contributed by atoms with Crippen molar-refractivity contribution in [3.63, 3.8) is 0 Å². The van der Waals surface area contributed by atoms with Crippen LogP contribution in [0.15, 0.2) is 29.3 Å². The van der Waals surface area contributed by atoms with Crippen molar-refractivity contribution < 1.29 is 0 Å². The summed E-state index contributed by atoms with van der Waals surface area (Å²) in [4.78, 5) is 4.28. The number of rotatable bonds is 4. The highest BCUT2D eigenvalue weighted by Gasteiger charge is 2.08. The highest BCUT2D eigenvalue weighted by Crippen LogP contribution is 2.29. The van der Waals surface area contributed by atoms with Gasteiger partial charge in [-0.05, 0) is 19.4 Å². The first-order valence-corrected chi connectivity index (χ1v) is 7.48. The molecule has 0 aliphatic carbocycles. The highest BCUT2D eigenvalue weighted by molar-refractivity contribution is 7.64. The van der Waals surface area contributed by atoms with Crippen molar-refractivity contribution in [1.82, 2.24) is 0 Å². The van der Waals surface area contributed by atoms with Crippen LogP contribution in [0.1, 0.15) is 0 Å². The van der Waals surface area contributed by atoms with E-state index in [1.54, 1.807) is 0 Å². The van der Waals surface area contributed by atoms with Gasteiger partial charge in [0.2, 0.25) is 0 Å². The number of hydrogen-bond donors (Lipinski definition) is 2. The van der Waals surface area contributed by atoms with E-state index < -0.39 is 5.38 Å². The fraction of sp³-hybridized carbons (Fsp3) is 0.273. The SMILES string of the molecule is CP(C)c1ccccc1N=C(N)C(Cl)C=N. The number of benzene rings is 1. The Morgan fingerprint density at radius 1 is 1.50 bits per heavy atom. The van der Waals surface area contributed by atoms with Crippen LogP contribution in [0, 0.1) is 5.41 Å². The Bertz CT molecular complexity index is 404. The molecule has 1 atom stereocenters. The van der Waals surface area contributed by atoms with Gasteiger partial charge in [-0.15, -0.1) is 11.6 Å². The molecule has 0 fully saturated rings. The molecule has 16 heavy (non-hydrogen) atoms. The molecule has 3 N–H and O–H groups in total. The third kappa shape index (κ3) is 3.29. The van der Waals surface area contributed by atoms with E-state index in [2.05, 4.69) is 18.3 Å². The van der Waals surface area contributed by atoms with Crippen LogP contribution in [0.5, 0.6) is 0 Å². The van der Waals surface area contributed by atoms with E-state index in [0.717, 1.165) is 11.9 Å². The molecule has 1 aromatic rings. The second-order valence-corrected chi connectivity index (χ2v) is 6.23. The number of para-hydroxylation sites is 1. The van der Waals surface area contributed by atoms with Crippen molar-refractivity contribution in [2.24, 2.45) is 10.7 Å². The summed E-state index contributed by atoms with van der Waals surface area (Å²) in [5.74, 6) is 0.265. The van der Waals surface area contributed by atoms with Crippen LogP contribution in [0.4, 0.5) is 5.69 Å². The Hall–Kier alpha value is -0.920. The predicted molar refractivity (Wildman–Crippen MR) is 74.6 cm³/mol. The lowest BCUT2D eigenvalue weighted by Gasteiger charge is -2.10. The molecule has 0 heterocycles. The van der Waals surface area contributed by atoms with Crippen molar-refractivity contribution in [3.05, 3.63) is 24.3 Å². The van der Waals surface area contributed by atoms with Gasteiger partial charge >= 0.3 is 0 Å². The average molecular weight is 256 g/mol. The van der Waals surface area contributed by atoms with Crippen LogP contribution in [0.2, 0.25) is 0 Å². The van der Waals surface area contributed by atoms with Gasteiger partial charge in [-0.25, -0.2) is 4.99 Å². The van der Waals surface area contributed by atoms with Gasteiger partial charge in [-0.2, -0.15) is 0 Å². The lowest BCUT2D eigenvalue weighted by molar-refractivity contribution is 1.39. The van der Waals surface area contributed by atoms with Crippen molar-refractivity contribution in [2.45, 2.75) is 5.38 Å². The average Bonchev–Trinajstić information content (AvgIpc) is 2.28. The quantitative estimate of drug-likeness (QED) is 0.369. The van der Waals surface area contributed by atoms with Gasteiger partial charge in [0.25, 0.3) is 0 Å². The summed E-state index contributed by atoms with van der Waals surface area (Å²) in [5.41, 5.74) is 6.55. The fourth-order valence-electron chi connectivity index (χ4n) is 1.22. The summed E-state index contributed by atoms with van der Waals surface area (Å²) in [5, 5.41) is 7.59. The molecule has 1 aromatic carbocycles. The van der Waals surface area contributed by atoms with Crippen molar-refractivity contribution in [1.29, 1.82) is 5.41 Å². The first-order valence-electron chi connectivity index (χ1n) is 4.81. The summed E-state index contributed by atoms with van der Waals surface area (Å²) in [6, 6.07) is 7.87. The molecule has 0 saturated carbocycles. The molecule has 1 rings (SSSR count). The number of nitrogens with zero attached hydrogens (tertiary/aromatic N) is 1. The van der Waals surface area contributed by atoms with Gasteiger partial charge < -0.3 is 11.1 Å². The van der Waals surface area contributed by atoms with E-state index >= 15 is 0 Å². The van der Waals surface area contributed by atoms with Crippen molar-refractivity contribution in [2.75, 3.05) is 13.3 Å². The van der Waals surface area contributed by atoms with Gasteiger partial charge in [0.05, 0.1) is 5.69 Å². The van der Waals surface area contributed by atoms with E-state index in [4.69, 9.17) is 22.7 Å². The predicted octanol–water partition coefficient (Wildman–Crippen LogP) is 2.30. The van der Waals surface area contributed by atoms with Crippen LogP contribution in [-0.2, 0) is 0 Å². The lowest BCUT2D eigenvalue weighted by atomic mass is 10.3. The summed E-state index contributed by atoms with van der Waals surface area (Å²) in [7, 11) is -0.233. The Morgan fingerprint density at radius 3 is 2.69 bits per heavy atom. The molecule has 0 aliphatic heterocycles. The third-order valence-corrected chi connectivity index (χ3v) is 3.73. The maximum absolute atomic E-state index is 7.03. The molecule has 5 heteroatoms. The molecule has 0 saturated heterocycles. The number of nitrogens with one attached hydrogen (secondary N) is 1. The number of halogens is 1. The number of alkyl halides is 1. The smallest absolute Gasteiger partial charge is 0.125 e. The second-order valence-electron chi connectivity index (χ2n) is 3.49. The zero-order valence-corrected chi connectivity index (χ0v) is 11.0. The Labute approximate surface area is 102 Å².